The average molecular weight is 400 g/mol. The van der Waals surface area contributed by atoms with E-state index in [9.17, 15) is 14.0 Å². The van der Waals surface area contributed by atoms with E-state index in [0.717, 1.165) is 12.5 Å². The number of nitrogens with one attached hydrogen (secondary N) is 1. The monoisotopic (exact) mass is 399 g/mol. The van der Waals surface area contributed by atoms with E-state index in [2.05, 4.69) is 5.32 Å². The van der Waals surface area contributed by atoms with Crippen molar-refractivity contribution in [3.8, 4) is 0 Å². The van der Waals surface area contributed by atoms with Crippen LogP contribution in [0.15, 0.2) is 18.2 Å². The summed E-state index contributed by atoms with van der Waals surface area (Å²) in [5.74, 6) is -0.584. The molecular weight excluding hydrogens is 373 g/mol. The Balaban J connectivity index is 1.90. The van der Waals surface area contributed by atoms with Crippen molar-refractivity contribution < 1.29 is 18.7 Å². The SMILES string of the molecule is CC(C)COC(=O)N1CCCN(C(C)C(=O)Nc2ccc(Cl)cc2F)CC1. The third kappa shape index (κ3) is 6.36. The smallest absolute Gasteiger partial charge is 0.409 e. The molecule has 1 unspecified atom stereocenters. The Kier molecular flexibility index (Phi) is 7.86. The van der Waals surface area contributed by atoms with Gasteiger partial charge in [0.2, 0.25) is 5.91 Å². The minimum Gasteiger partial charge on any atom is -0.449 e. The highest BCUT2D eigenvalue weighted by molar-refractivity contribution is 6.30. The first-order valence-corrected chi connectivity index (χ1v) is 9.57. The molecule has 0 aliphatic carbocycles. The van der Waals surface area contributed by atoms with Crippen LogP contribution < -0.4 is 5.32 Å². The molecule has 1 saturated heterocycles. The molecule has 8 heteroatoms. The standard InChI is InChI=1S/C19H27ClFN3O3/c1-13(2)12-27-19(26)24-8-4-7-23(9-10-24)14(3)18(25)22-17-6-5-15(20)11-16(17)21/h5-6,11,13-14H,4,7-10,12H2,1-3H3,(H,22,25). The summed E-state index contributed by atoms with van der Waals surface area (Å²) in [5.41, 5.74) is 0.102. The van der Waals surface area contributed by atoms with E-state index in [1.807, 2.05) is 18.7 Å². The quantitative estimate of drug-likeness (QED) is 0.821. The Morgan fingerprint density at radius 1 is 1.22 bits per heavy atom. The van der Waals surface area contributed by atoms with Crippen LogP contribution >= 0.6 is 11.6 Å². The molecular formula is C19H27ClFN3O3. The molecule has 1 atom stereocenters. The number of rotatable bonds is 5. The molecule has 1 N–H and O–H groups in total. The van der Waals surface area contributed by atoms with Crippen LogP contribution in [0.1, 0.15) is 27.2 Å². The van der Waals surface area contributed by atoms with Crippen LogP contribution in [-0.4, -0.2) is 60.6 Å². The topological polar surface area (TPSA) is 61.9 Å². The van der Waals surface area contributed by atoms with Gasteiger partial charge in [-0.15, -0.1) is 0 Å². The fraction of sp³-hybridized carbons (Fsp3) is 0.579. The van der Waals surface area contributed by atoms with E-state index in [1.165, 1.54) is 12.1 Å². The first-order chi connectivity index (χ1) is 12.8. The van der Waals surface area contributed by atoms with Gasteiger partial charge in [-0.25, -0.2) is 9.18 Å². The van der Waals surface area contributed by atoms with Crippen LogP contribution in [-0.2, 0) is 9.53 Å². The summed E-state index contributed by atoms with van der Waals surface area (Å²) in [7, 11) is 0. The van der Waals surface area contributed by atoms with E-state index in [-0.39, 0.29) is 28.6 Å². The molecule has 150 valence electrons. The van der Waals surface area contributed by atoms with Crippen molar-refractivity contribution in [1.29, 1.82) is 0 Å². The van der Waals surface area contributed by atoms with E-state index < -0.39 is 11.9 Å². The Morgan fingerprint density at radius 2 is 1.96 bits per heavy atom. The molecule has 2 amide bonds. The number of carbonyl (C=O) groups is 2. The molecule has 27 heavy (non-hydrogen) atoms. The second-order valence-electron chi connectivity index (χ2n) is 7.14. The zero-order valence-electron chi connectivity index (χ0n) is 16.0. The molecule has 1 aromatic carbocycles. The second kappa shape index (κ2) is 9.90. The highest BCUT2D eigenvalue weighted by atomic mass is 35.5. The zero-order valence-corrected chi connectivity index (χ0v) is 16.8. The number of hydrogen-bond donors (Lipinski definition) is 1. The number of anilines is 1. The molecule has 1 aliphatic heterocycles. The summed E-state index contributed by atoms with van der Waals surface area (Å²) in [5, 5.41) is 2.88. The number of ether oxygens (including phenoxy) is 1. The maximum atomic E-state index is 13.9. The molecule has 1 aliphatic rings. The fourth-order valence-corrected chi connectivity index (χ4v) is 2.99. The number of carbonyl (C=O) groups excluding carboxylic acids is 2. The van der Waals surface area contributed by atoms with Crippen LogP contribution in [0.5, 0.6) is 0 Å². The minimum atomic E-state index is -0.571. The maximum Gasteiger partial charge on any atom is 0.409 e. The normalized spacial score (nSPS) is 16.7. The lowest BCUT2D eigenvalue weighted by Crippen LogP contribution is -2.44. The van der Waals surface area contributed by atoms with Crippen LogP contribution in [0.3, 0.4) is 0 Å². The molecule has 0 radical (unpaired) electrons. The van der Waals surface area contributed by atoms with Crippen molar-refractivity contribution in [2.75, 3.05) is 38.1 Å². The van der Waals surface area contributed by atoms with Gasteiger partial charge in [0, 0.05) is 31.2 Å². The number of amides is 2. The van der Waals surface area contributed by atoms with E-state index in [1.54, 1.807) is 11.8 Å². The van der Waals surface area contributed by atoms with Crippen molar-refractivity contribution in [2.24, 2.45) is 5.92 Å². The minimum absolute atomic E-state index is 0.102. The van der Waals surface area contributed by atoms with Gasteiger partial charge in [-0.2, -0.15) is 0 Å². The van der Waals surface area contributed by atoms with Gasteiger partial charge < -0.3 is 15.0 Å². The van der Waals surface area contributed by atoms with E-state index >= 15 is 0 Å². The maximum absolute atomic E-state index is 13.9. The summed E-state index contributed by atoms with van der Waals surface area (Å²) in [4.78, 5) is 28.3. The summed E-state index contributed by atoms with van der Waals surface area (Å²) in [6.07, 6.45) is 0.426. The molecule has 1 heterocycles. The molecule has 1 fully saturated rings. The zero-order chi connectivity index (χ0) is 20.0. The number of nitrogens with zero attached hydrogens (tertiary/aromatic N) is 2. The lowest BCUT2D eigenvalue weighted by Gasteiger charge is -2.27. The fourth-order valence-electron chi connectivity index (χ4n) is 2.83. The molecule has 0 spiro atoms. The lowest BCUT2D eigenvalue weighted by molar-refractivity contribution is -0.120. The van der Waals surface area contributed by atoms with Crippen molar-refractivity contribution in [3.05, 3.63) is 29.0 Å². The van der Waals surface area contributed by atoms with Crippen LogP contribution in [0.4, 0.5) is 14.9 Å². The molecule has 0 aromatic heterocycles. The summed E-state index contributed by atoms with van der Waals surface area (Å²) < 4.78 is 19.2. The first kappa shape index (κ1) is 21.4. The second-order valence-corrected chi connectivity index (χ2v) is 7.57. The van der Waals surface area contributed by atoms with Gasteiger partial charge in [-0.3, -0.25) is 9.69 Å². The molecule has 1 aromatic rings. The Bertz CT molecular complexity index is 672. The van der Waals surface area contributed by atoms with E-state index in [4.69, 9.17) is 16.3 Å². The third-order valence-corrected chi connectivity index (χ3v) is 4.68. The van der Waals surface area contributed by atoms with Gasteiger partial charge in [-0.05, 0) is 37.5 Å². The average Bonchev–Trinajstić information content (AvgIpc) is 2.87. The van der Waals surface area contributed by atoms with Crippen molar-refractivity contribution in [2.45, 2.75) is 33.2 Å². The van der Waals surface area contributed by atoms with Crippen LogP contribution in [0, 0.1) is 11.7 Å². The summed E-state index contributed by atoms with van der Waals surface area (Å²) in [6.45, 7) is 8.44. The van der Waals surface area contributed by atoms with Gasteiger partial charge in [0.1, 0.15) is 5.82 Å². The van der Waals surface area contributed by atoms with Crippen molar-refractivity contribution in [3.63, 3.8) is 0 Å². The van der Waals surface area contributed by atoms with Gasteiger partial charge in [0.25, 0.3) is 0 Å². The number of hydrogen-bond acceptors (Lipinski definition) is 4. The summed E-state index contributed by atoms with van der Waals surface area (Å²) in [6, 6.07) is 3.68. The molecule has 2 rings (SSSR count). The predicted octanol–water partition coefficient (Wildman–Crippen LogP) is 3.61. The Morgan fingerprint density at radius 3 is 2.63 bits per heavy atom. The predicted molar refractivity (Wildman–Crippen MR) is 103 cm³/mol. The van der Waals surface area contributed by atoms with Crippen molar-refractivity contribution in [1.82, 2.24) is 9.80 Å². The largest absolute Gasteiger partial charge is 0.449 e. The van der Waals surface area contributed by atoms with Crippen LogP contribution in [0.25, 0.3) is 0 Å². The van der Waals surface area contributed by atoms with Gasteiger partial charge >= 0.3 is 6.09 Å². The molecule has 6 nitrogen and oxygen atoms in total. The molecule has 0 saturated carbocycles. The highest BCUT2D eigenvalue weighted by Crippen LogP contribution is 2.19. The number of halogens is 2. The third-order valence-electron chi connectivity index (χ3n) is 4.44. The van der Waals surface area contributed by atoms with Gasteiger partial charge in [0.05, 0.1) is 18.3 Å². The van der Waals surface area contributed by atoms with Gasteiger partial charge in [-0.1, -0.05) is 25.4 Å². The first-order valence-electron chi connectivity index (χ1n) is 9.19. The lowest BCUT2D eigenvalue weighted by atomic mass is 10.2. The Hall–Kier alpha value is -1.86. The highest BCUT2D eigenvalue weighted by Gasteiger charge is 2.26. The summed E-state index contributed by atoms with van der Waals surface area (Å²) >= 11 is 5.73. The van der Waals surface area contributed by atoms with Gasteiger partial charge in [0.15, 0.2) is 0 Å². The van der Waals surface area contributed by atoms with Crippen LogP contribution in [0.2, 0.25) is 5.02 Å². The molecule has 0 bridgehead atoms. The van der Waals surface area contributed by atoms with E-state index in [0.29, 0.717) is 32.8 Å². The van der Waals surface area contributed by atoms with Crippen molar-refractivity contribution >= 4 is 29.3 Å². The number of benzene rings is 1. The Labute approximate surface area is 164 Å².